The fourth-order valence-corrected chi connectivity index (χ4v) is 3.54. The molecule has 2 nitrogen and oxygen atoms in total. The van der Waals surface area contributed by atoms with Crippen LogP contribution in [-0.2, 0) is 0 Å². The maximum atomic E-state index is 14.0. The molecule has 0 amide bonds. The van der Waals surface area contributed by atoms with Gasteiger partial charge in [-0.25, -0.2) is 8.78 Å². The third-order valence-electron chi connectivity index (χ3n) is 3.53. The lowest BCUT2D eigenvalue weighted by Gasteiger charge is -2.32. The van der Waals surface area contributed by atoms with Crippen LogP contribution in [0.2, 0.25) is 0 Å². The fourth-order valence-electron chi connectivity index (χ4n) is 2.50. The number of ether oxygens (including phenoxy) is 1. The Balaban J connectivity index is 1.90. The first kappa shape index (κ1) is 14.4. The standard InChI is InChI=1S/C16H15F2NOS/c1-19-16(10-5-4-6-11(17)15(10)18)13-9-21-14-8-3-2-7-12(14)20-13/h2-8,13,16,19H,9H2,1H3. The Hall–Kier alpha value is -1.59. The molecule has 0 aromatic heterocycles. The van der Waals surface area contributed by atoms with Crippen molar-refractivity contribution in [3.8, 4) is 5.75 Å². The highest BCUT2D eigenvalue weighted by Gasteiger charge is 2.30. The van der Waals surface area contributed by atoms with E-state index in [-0.39, 0.29) is 6.10 Å². The largest absolute Gasteiger partial charge is 0.486 e. The topological polar surface area (TPSA) is 21.3 Å². The minimum absolute atomic E-state index is 0.258. The summed E-state index contributed by atoms with van der Waals surface area (Å²) < 4.78 is 33.4. The number of hydrogen-bond donors (Lipinski definition) is 1. The van der Waals surface area contributed by atoms with Crippen LogP contribution in [0, 0.1) is 11.6 Å². The summed E-state index contributed by atoms with van der Waals surface area (Å²) in [5.41, 5.74) is 0.294. The van der Waals surface area contributed by atoms with Crippen LogP contribution in [-0.4, -0.2) is 18.9 Å². The van der Waals surface area contributed by atoms with E-state index < -0.39 is 17.7 Å². The summed E-state index contributed by atoms with van der Waals surface area (Å²) in [6.45, 7) is 0. The molecule has 1 aliphatic heterocycles. The van der Waals surface area contributed by atoms with Gasteiger partial charge in [0.05, 0.1) is 6.04 Å². The van der Waals surface area contributed by atoms with Crippen molar-refractivity contribution in [2.24, 2.45) is 0 Å². The Kier molecular flexibility index (Phi) is 4.12. The summed E-state index contributed by atoms with van der Waals surface area (Å²) in [5.74, 6) is -0.185. The van der Waals surface area contributed by atoms with E-state index >= 15 is 0 Å². The van der Waals surface area contributed by atoms with E-state index in [1.807, 2.05) is 24.3 Å². The van der Waals surface area contributed by atoms with Crippen molar-refractivity contribution >= 4 is 11.8 Å². The summed E-state index contributed by atoms with van der Waals surface area (Å²) in [4.78, 5) is 1.07. The van der Waals surface area contributed by atoms with Gasteiger partial charge in [-0.2, -0.15) is 0 Å². The molecule has 0 fully saturated rings. The second-order valence-corrected chi connectivity index (χ2v) is 5.89. The number of fused-ring (bicyclic) bond motifs is 1. The van der Waals surface area contributed by atoms with Crippen molar-refractivity contribution in [3.05, 3.63) is 59.7 Å². The van der Waals surface area contributed by atoms with Gasteiger partial charge in [0, 0.05) is 16.2 Å². The molecule has 2 atom stereocenters. The first-order valence-electron chi connectivity index (χ1n) is 6.70. The van der Waals surface area contributed by atoms with E-state index in [9.17, 15) is 8.78 Å². The summed E-state index contributed by atoms with van der Waals surface area (Å²) in [7, 11) is 1.73. The molecule has 5 heteroatoms. The van der Waals surface area contributed by atoms with Crippen molar-refractivity contribution in [2.45, 2.75) is 17.0 Å². The number of thioether (sulfide) groups is 1. The summed E-state index contributed by atoms with van der Waals surface area (Å²) in [6.07, 6.45) is -0.258. The van der Waals surface area contributed by atoms with Gasteiger partial charge >= 0.3 is 0 Å². The summed E-state index contributed by atoms with van der Waals surface area (Å²) >= 11 is 1.66. The predicted molar refractivity (Wildman–Crippen MR) is 79.7 cm³/mol. The zero-order valence-electron chi connectivity index (χ0n) is 11.5. The molecule has 2 aromatic rings. The molecule has 0 aliphatic carbocycles. The minimum atomic E-state index is -0.836. The van der Waals surface area contributed by atoms with E-state index in [2.05, 4.69) is 5.32 Å². The lowest BCUT2D eigenvalue weighted by Crippen LogP contribution is -2.38. The van der Waals surface area contributed by atoms with Gasteiger partial charge in [-0.3, -0.25) is 0 Å². The Morgan fingerprint density at radius 2 is 2.00 bits per heavy atom. The number of nitrogens with one attached hydrogen (secondary N) is 1. The number of hydrogen-bond acceptors (Lipinski definition) is 3. The second-order valence-electron chi connectivity index (χ2n) is 4.82. The van der Waals surface area contributed by atoms with Gasteiger partial charge in [0.2, 0.25) is 0 Å². The molecule has 0 saturated heterocycles. The molecule has 3 rings (SSSR count). The lowest BCUT2D eigenvalue weighted by atomic mass is 10.0. The van der Waals surface area contributed by atoms with Crippen molar-refractivity contribution in [2.75, 3.05) is 12.8 Å². The molecule has 0 spiro atoms. The molecule has 2 unspecified atom stereocenters. The molecule has 2 aromatic carbocycles. The molecule has 0 radical (unpaired) electrons. The van der Waals surface area contributed by atoms with E-state index in [0.717, 1.165) is 16.7 Å². The quantitative estimate of drug-likeness (QED) is 0.932. The lowest BCUT2D eigenvalue weighted by molar-refractivity contribution is 0.168. The first-order valence-corrected chi connectivity index (χ1v) is 7.69. The van der Waals surface area contributed by atoms with Crippen LogP contribution in [0.5, 0.6) is 5.75 Å². The number of para-hydroxylation sites is 1. The molecule has 1 aliphatic rings. The molecule has 1 N–H and O–H groups in total. The predicted octanol–water partition coefficient (Wildman–Crippen LogP) is 3.78. The normalized spacial score (nSPS) is 18.7. The average molecular weight is 307 g/mol. The van der Waals surface area contributed by atoms with E-state index in [4.69, 9.17) is 4.74 Å². The number of likely N-dealkylation sites (N-methyl/N-ethyl adjacent to an activating group) is 1. The Morgan fingerprint density at radius 3 is 2.81 bits per heavy atom. The zero-order chi connectivity index (χ0) is 14.8. The average Bonchev–Trinajstić information content (AvgIpc) is 2.52. The highest BCUT2D eigenvalue weighted by Crippen LogP contribution is 2.38. The first-order chi connectivity index (χ1) is 10.2. The second kappa shape index (κ2) is 6.03. The molecule has 1 heterocycles. The third-order valence-corrected chi connectivity index (χ3v) is 4.67. The zero-order valence-corrected chi connectivity index (χ0v) is 12.3. The number of benzene rings is 2. The van der Waals surface area contributed by atoms with E-state index in [0.29, 0.717) is 11.3 Å². The van der Waals surface area contributed by atoms with E-state index in [1.54, 1.807) is 24.9 Å². The van der Waals surface area contributed by atoms with Gasteiger partial charge in [-0.1, -0.05) is 24.3 Å². The number of halogens is 2. The van der Waals surface area contributed by atoms with Crippen LogP contribution in [0.25, 0.3) is 0 Å². The van der Waals surface area contributed by atoms with Crippen LogP contribution < -0.4 is 10.1 Å². The number of rotatable bonds is 3. The van der Waals surface area contributed by atoms with Gasteiger partial charge in [-0.05, 0) is 25.2 Å². The highest BCUT2D eigenvalue weighted by molar-refractivity contribution is 7.99. The fraction of sp³-hybridized carbons (Fsp3) is 0.250. The third kappa shape index (κ3) is 2.76. The van der Waals surface area contributed by atoms with Crippen molar-refractivity contribution in [3.63, 3.8) is 0 Å². The SMILES string of the molecule is CNC(c1cccc(F)c1F)C1CSc2ccccc2O1. The molecular formula is C16H15F2NOS. The molecular weight excluding hydrogens is 292 g/mol. The minimum Gasteiger partial charge on any atom is -0.486 e. The molecule has 0 bridgehead atoms. The van der Waals surface area contributed by atoms with Crippen molar-refractivity contribution in [1.29, 1.82) is 0 Å². The van der Waals surface area contributed by atoms with Crippen molar-refractivity contribution < 1.29 is 13.5 Å². The van der Waals surface area contributed by atoms with Gasteiger partial charge in [0.1, 0.15) is 11.9 Å². The van der Waals surface area contributed by atoms with E-state index in [1.165, 1.54) is 6.07 Å². The highest BCUT2D eigenvalue weighted by atomic mass is 32.2. The summed E-state index contributed by atoms with van der Waals surface area (Å²) in [6, 6.07) is 11.6. The maximum absolute atomic E-state index is 14.0. The van der Waals surface area contributed by atoms with Crippen molar-refractivity contribution in [1.82, 2.24) is 5.32 Å². The molecule has 110 valence electrons. The maximum Gasteiger partial charge on any atom is 0.163 e. The van der Waals surface area contributed by atoms with Crippen LogP contribution in [0.1, 0.15) is 11.6 Å². The van der Waals surface area contributed by atoms with Crippen LogP contribution in [0.3, 0.4) is 0 Å². The van der Waals surface area contributed by atoms with Crippen LogP contribution in [0.15, 0.2) is 47.4 Å². The van der Waals surface area contributed by atoms with Gasteiger partial charge in [0.25, 0.3) is 0 Å². The smallest absolute Gasteiger partial charge is 0.163 e. The monoisotopic (exact) mass is 307 g/mol. The van der Waals surface area contributed by atoms with Crippen LogP contribution >= 0.6 is 11.8 Å². The molecule has 21 heavy (non-hydrogen) atoms. The van der Waals surface area contributed by atoms with Gasteiger partial charge < -0.3 is 10.1 Å². The molecule has 0 saturated carbocycles. The van der Waals surface area contributed by atoms with Gasteiger partial charge in [-0.15, -0.1) is 11.8 Å². The summed E-state index contributed by atoms with van der Waals surface area (Å²) in [5, 5.41) is 3.04. The Morgan fingerprint density at radius 1 is 1.19 bits per heavy atom. The Labute approximate surface area is 126 Å². The van der Waals surface area contributed by atoms with Crippen LogP contribution in [0.4, 0.5) is 8.78 Å². The Bertz CT molecular complexity index is 650. The van der Waals surface area contributed by atoms with Gasteiger partial charge in [0.15, 0.2) is 11.6 Å².